The van der Waals surface area contributed by atoms with E-state index in [0.29, 0.717) is 32.7 Å². The van der Waals surface area contributed by atoms with Gasteiger partial charge in [-0.25, -0.2) is 0 Å². The highest BCUT2D eigenvalue weighted by atomic mass is 16.5. The van der Waals surface area contributed by atoms with Gasteiger partial charge in [-0.2, -0.15) is 0 Å². The van der Waals surface area contributed by atoms with Crippen LogP contribution in [0.15, 0.2) is 29.8 Å². The summed E-state index contributed by atoms with van der Waals surface area (Å²) < 4.78 is 12.2. The molecule has 2 fully saturated rings. The molecule has 1 spiro atoms. The van der Waals surface area contributed by atoms with Crippen LogP contribution in [-0.4, -0.2) is 47.2 Å². The molecule has 0 unspecified atom stereocenters. The molecule has 2 aliphatic heterocycles. The third-order valence-corrected chi connectivity index (χ3v) is 5.93. The summed E-state index contributed by atoms with van der Waals surface area (Å²) in [5, 5.41) is 0. The number of amides is 1. The van der Waals surface area contributed by atoms with E-state index in [1.807, 2.05) is 30.0 Å². The van der Waals surface area contributed by atoms with E-state index in [0.717, 1.165) is 37.1 Å². The average molecular weight is 370 g/mol. The van der Waals surface area contributed by atoms with Gasteiger partial charge in [0, 0.05) is 25.1 Å². The second-order valence-corrected chi connectivity index (χ2v) is 8.26. The standard InChI is InChI=1S/C22H30N2O3/c1-17-6-5-9-19(23-17)14-26-20-10-11-27-22(13-20)15-24(16-22)21(25)12-18-7-3-2-4-8-18/h5-7,9,20H,2-4,8,10-16H2,1H3/t20-/m0/s1. The Morgan fingerprint density at radius 2 is 2.26 bits per heavy atom. The van der Waals surface area contributed by atoms with Crippen LogP contribution in [0.3, 0.4) is 0 Å². The van der Waals surface area contributed by atoms with Gasteiger partial charge in [-0.3, -0.25) is 9.78 Å². The smallest absolute Gasteiger partial charge is 0.226 e. The number of likely N-dealkylation sites (tertiary alicyclic amines) is 1. The molecule has 1 aromatic rings. The topological polar surface area (TPSA) is 51.7 Å². The van der Waals surface area contributed by atoms with E-state index in [4.69, 9.17) is 9.47 Å². The molecule has 1 aromatic heterocycles. The molecule has 0 bridgehead atoms. The van der Waals surface area contributed by atoms with Crippen molar-refractivity contribution in [1.29, 1.82) is 0 Å². The minimum atomic E-state index is -0.195. The Labute approximate surface area is 161 Å². The monoisotopic (exact) mass is 370 g/mol. The number of allylic oxidation sites excluding steroid dienone is 1. The van der Waals surface area contributed by atoms with E-state index < -0.39 is 0 Å². The second kappa shape index (κ2) is 8.11. The molecular weight excluding hydrogens is 340 g/mol. The maximum absolute atomic E-state index is 12.5. The first-order valence-electron chi connectivity index (χ1n) is 10.3. The van der Waals surface area contributed by atoms with Crippen LogP contribution in [0.2, 0.25) is 0 Å². The van der Waals surface area contributed by atoms with E-state index in [-0.39, 0.29) is 17.6 Å². The van der Waals surface area contributed by atoms with Crippen molar-refractivity contribution < 1.29 is 14.3 Å². The first kappa shape index (κ1) is 18.6. The highest BCUT2D eigenvalue weighted by Crippen LogP contribution is 2.36. The molecule has 146 valence electrons. The molecule has 3 aliphatic rings. The molecule has 5 heteroatoms. The molecule has 2 saturated heterocycles. The zero-order chi connectivity index (χ0) is 18.7. The number of nitrogens with zero attached hydrogens (tertiary/aromatic N) is 2. The number of pyridine rings is 1. The van der Waals surface area contributed by atoms with Crippen molar-refractivity contribution in [3.05, 3.63) is 41.2 Å². The molecule has 1 aliphatic carbocycles. The Morgan fingerprint density at radius 1 is 1.37 bits per heavy atom. The summed E-state index contributed by atoms with van der Waals surface area (Å²) in [4.78, 5) is 19.0. The Hall–Kier alpha value is -1.72. The van der Waals surface area contributed by atoms with Crippen molar-refractivity contribution >= 4 is 5.91 Å². The van der Waals surface area contributed by atoms with Gasteiger partial charge in [0.05, 0.1) is 31.5 Å². The van der Waals surface area contributed by atoms with Gasteiger partial charge in [-0.15, -0.1) is 0 Å². The van der Waals surface area contributed by atoms with Crippen molar-refractivity contribution in [1.82, 2.24) is 9.88 Å². The molecule has 1 amide bonds. The van der Waals surface area contributed by atoms with Crippen LogP contribution in [0.5, 0.6) is 0 Å². The van der Waals surface area contributed by atoms with E-state index in [2.05, 4.69) is 11.1 Å². The number of hydrogen-bond donors (Lipinski definition) is 0. The fourth-order valence-corrected chi connectivity index (χ4v) is 4.43. The predicted molar refractivity (Wildman–Crippen MR) is 103 cm³/mol. The van der Waals surface area contributed by atoms with Crippen molar-refractivity contribution in [3.8, 4) is 0 Å². The lowest BCUT2D eigenvalue weighted by Gasteiger charge is -2.53. The largest absolute Gasteiger partial charge is 0.372 e. The predicted octanol–water partition coefficient (Wildman–Crippen LogP) is 3.56. The van der Waals surface area contributed by atoms with Crippen molar-refractivity contribution in [2.75, 3.05) is 19.7 Å². The highest BCUT2D eigenvalue weighted by Gasteiger charge is 2.49. The summed E-state index contributed by atoms with van der Waals surface area (Å²) in [6, 6.07) is 6.02. The molecule has 4 rings (SSSR count). The molecule has 0 N–H and O–H groups in total. The number of ether oxygens (including phenoxy) is 2. The Morgan fingerprint density at radius 3 is 3.04 bits per heavy atom. The second-order valence-electron chi connectivity index (χ2n) is 8.26. The molecule has 0 radical (unpaired) electrons. The first-order valence-corrected chi connectivity index (χ1v) is 10.3. The van der Waals surface area contributed by atoms with Crippen LogP contribution in [-0.2, 0) is 20.9 Å². The molecule has 5 nitrogen and oxygen atoms in total. The zero-order valence-electron chi connectivity index (χ0n) is 16.3. The Balaban J connectivity index is 1.25. The summed E-state index contributed by atoms with van der Waals surface area (Å²) in [7, 11) is 0. The van der Waals surface area contributed by atoms with E-state index in [1.165, 1.54) is 18.4 Å². The normalized spacial score (nSPS) is 24.4. The quantitative estimate of drug-likeness (QED) is 0.744. The van der Waals surface area contributed by atoms with Crippen LogP contribution in [0.25, 0.3) is 0 Å². The number of aryl methyl sites for hydroxylation is 1. The van der Waals surface area contributed by atoms with Crippen molar-refractivity contribution in [3.63, 3.8) is 0 Å². The van der Waals surface area contributed by atoms with Gasteiger partial charge in [0.25, 0.3) is 0 Å². The molecule has 27 heavy (non-hydrogen) atoms. The lowest BCUT2D eigenvalue weighted by molar-refractivity contribution is -0.202. The molecule has 3 heterocycles. The number of rotatable bonds is 5. The van der Waals surface area contributed by atoms with Crippen LogP contribution in [0.1, 0.15) is 56.3 Å². The van der Waals surface area contributed by atoms with Gasteiger partial charge in [0.15, 0.2) is 0 Å². The highest BCUT2D eigenvalue weighted by molar-refractivity contribution is 5.80. The number of carbonyl (C=O) groups excluding carboxylic acids is 1. The summed E-state index contributed by atoms with van der Waals surface area (Å²) >= 11 is 0. The first-order chi connectivity index (χ1) is 13.1. The van der Waals surface area contributed by atoms with E-state index in [1.54, 1.807) is 0 Å². The van der Waals surface area contributed by atoms with E-state index >= 15 is 0 Å². The summed E-state index contributed by atoms with van der Waals surface area (Å²) in [6.45, 7) is 4.66. The number of hydrogen-bond acceptors (Lipinski definition) is 4. The van der Waals surface area contributed by atoms with Gasteiger partial charge >= 0.3 is 0 Å². The van der Waals surface area contributed by atoms with Gasteiger partial charge < -0.3 is 14.4 Å². The fourth-order valence-electron chi connectivity index (χ4n) is 4.43. The third-order valence-electron chi connectivity index (χ3n) is 5.93. The fraction of sp³-hybridized carbons (Fsp3) is 0.636. The van der Waals surface area contributed by atoms with Gasteiger partial charge in [0.2, 0.25) is 5.91 Å². The summed E-state index contributed by atoms with van der Waals surface area (Å²) in [5.74, 6) is 0.254. The van der Waals surface area contributed by atoms with E-state index in [9.17, 15) is 4.79 Å². The molecule has 0 aromatic carbocycles. The van der Waals surface area contributed by atoms with Gasteiger partial charge in [-0.1, -0.05) is 17.7 Å². The van der Waals surface area contributed by atoms with Gasteiger partial charge in [0.1, 0.15) is 5.60 Å². The van der Waals surface area contributed by atoms with Crippen LogP contribution in [0, 0.1) is 6.92 Å². The molecular formula is C22H30N2O3. The minimum absolute atomic E-state index is 0.180. The SMILES string of the molecule is Cc1cccc(CO[C@H]2CCOC3(C2)CN(C(=O)CC2=CCCCC2)C3)n1. The lowest BCUT2D eigenvalue weighted by atomic mass is 9.84. The third kappa shape index (κ3) is 4.58. The molecule has 0 saturated carbocycles. The molecule has 1 atom stereocenters. The van der Waals surface area contributed by atoms with Crippen molar-refractivity contribution in [2.24, 2.45) is 0 Å². The number of carbonyl (C=O) groups is 1. The maximum atomic E-state index is 12.5. The summed E-state index contributed by atoms with van der Waals surface area (Å²) in [5.41, 5.74) is 3.12. The Bertz CT molecular complexity index is 709. The van der Waals surface area contributed by atoms with Gasteiger partial charge in [-0.05, 0) is 51.2 Å². The maximum Gasteiger partial charge on any atom is 0.226 e. The van der Waals surface area contributed by atoms with Crippen molar-refractivity contribution in [2.45, 2.75) is 70.2 Å². The minimum Gasteiger partial charge on any atom is -0.372 e. The van der Waals surface area contributed by atoms with Crippen LogP contribution in [0.4, 0.5) is 0 Å². The average Bonchev–Trinajstić information content (AvgIpc) is 2.65. The lowest BCUT2D eigenvalue weighted by Crippen LogP contribution is -2.67. The number of aromatic nitrogens is 1. The van der Waals surface area contributed by atoms with Crippen LogP contribution < -0.4 is 0 Å². The summed E-state index contributed by atoms with van der Waals surface area (Å²) in [6.07, 6.45) is 9.51. The Kier molecular flexibility index (Phi) is 5.60. The zero-order valence-corrected chi connectivity index (χ0v) is 16.3. The van der Waals surface area contributed by atoms with Crippen LogP contribution >= 0.6 is 0 Å².